The van der Waals surface area contributed by atoms with Crippen LogP contribution >= 0.6 is 23.4 Å². The zero-order valence-electron chi connectivity index (χ0n) is 13.8. The van der Waals surface area contributed by atoms with E-state index in [1.165, 1.54) is 16.7 Å². The summed E-state index contributed by atoms with van der Waals surface area (Å²) >= 11 is 7.42. The first-order valence-corrected chi connectivity index (χ1v) is 9.31. The van der Waals surface area contributed by atoms with E-state index in [4.69, 9.17) is 11.6 Å². The van der Waals surface area contributed by atoms with Crippen molar-refractivity contribution in [2.75, 3.05) is 22.5 Å². The Hall–Kier alpha value is -2.19. The molecule has 142 valence electrons. The molecule has 0 aliphatic carbocycles. The van der Waals surface area contributed by atoms with Crippen LogP contribution in [0.4, 0.5) is 24.5 Å². The maximum Gasteiger partial charge on any atom is 0.416 e. The van der Waals surface area contributed by atoms with Gasteiger partial charge in [-0.2, -0.15) is 13.2 Å². The fourth-order valence-electron chi connectivity index (χ4n) is 2.62. The zero-order chi connectivity index (χ0) is 19.6. The first-order valence-electron chi connectivity index (χ1n) is 7.94. The number of thioether (sulfide) groups is 1. The molecule has 0 spiro atoms. The highest BCUT2D eigenvalue weighted by atomic mass is 35.5. The monoisotopic (exact) mass is 414 g/mol. The van der Waals surface area contributed by atoms with Crippen molar-refractivity contribution in [1.82, 2.24) is 0 Å². The molecular weight excluding hydrogens is 401 g/mol. The Labute approximate surface area is 162 Å². The molecule has 4 nitrogen and oxygen atoms in total. The van der Waals surface area contributed by atoms with Crippen molar-refractivity contribution in [2.24, 2.45) is 0 Å². The largest absolute Gasteiger partial charge is 0.416 e. The van der Waals surface area contributed by atoms with E-state index in [-0.39, 0.29) is 29.6 Å². The van der Waals surface area contributed by atoms with Crippen LogP contribution in [0.1, 0.15) is 12.0 Å². The average molecular weight is 415 g/mol. The molecule has 0 aromatic heterocycles. The predicted octanol–water partition coefficient (Wildman–Crippen LogP) is 4.83. The number of nitrogens with one attached hydrogen (secondary N) is 1. The Morgan fingerprint density at radius 2 is 1.96 bits per heavy atom. The maximum atomic E-state index is 12.9. The topological polar surface area (TPSA) is 49.4 Å². The lowest BCUT2D eigenvalue weighted by Crippen LogP contribution is -2.38. The number of fused-ring (bicyclic) bond motifs is 1. The summed E-state index contributed by atoms with van der Waals surface area (Å²) in [7, 11) is 0. The molecule has 27 heavy (non-hydrogen) atoms. The summed E-state index contributed by atoms with van der Waals surface area (Å²) in [6.45, 7) is -0.316. The second-order valence-corrected chi connectivity index (χ2v) is 7.33. The number of halogens is 4. The molecule has 0 saturated heterocycles. The quantitative estimate of drug-likeness (QED) is 0.782. The molecular formula is C18H14ClF3N2O2S. The van der Waals surface area contributed by atoms with Crippen molar-refractivity contribution in [3.05, 3.63) is 53.1 Å². The lowest BCUT2D eigenvalue weighted by molar-refractivity contribution is -0.137. The minimum absolute atomic E-state index is 0.0190. The number of amides is 2. The van der Waals surface area contributed by atoms with Crippen molar-refractivity contribution in [2.45, 2.75) is 17.5 Å². The van der Waals surface area contributed by atoms with Crippen LogP contribution in [0.15, 0.2) is 47.4 Å². The summed E-state index contributed by atoms with van der Waals surface area (Å²) in [5.41, 5.74) is -0.466. The minimum Gasteiger partial charge on any atom is -0.323 e. The van der Waals surface area contributed by atoms with Crippen LogP contribution in [0.2, 0.25) is 5.02 Å². The van der Waals surface area contributed by atoms with Crippen LogP contribution in [-0.4, -0.2) is 24.1 Å². The van der Waals surface area contributed by atoms with Gasteiger partial charge in [-0.05, 0) is 30.3 Å². The molecule has 0 fully saturated rings. The number of benzene rings is 2. The van der Waals surface area contributed by atoms with Crippen molar-refractivity contribution in [3.8, 4) is 0 Å². The van der Waals surface area contributed by atoms with Crippen LogP contribution < -0.4 is 10.2 Å². The van der Waals surface area contributed by atoms with Gasteiger partial charge in [-0.15, -0.1) is 11.8 Å². The van der Waals surface area contributed by atoms with Crippen molar-refractivity contribution < 1.29 is 22.8 Å². The number of hydrogen-bond donors (Lipinski definition) is 1. The number of rotatable bonds is 3. The van der Waals surface area contributed by atoms with Gasteiger partial charge in [-0.3, -0.25) is 9.59 Å². The third-order valence-corrected chi connectivity index (χ3v) is 5.29. The van der Waals surface area contributed by atoms with E-state index >= 15 is 0 Å². The van der Waals surface area contributed by atoms with E-state index in [2.05, 4.69) is 5.32 Å². The normalized spacial score (nSPS) is 14.5. The van der Waals surface area contributed by atoms with Crippen LogP contribution in [-0.2, 0) is 15.8 Å². The molecule has 1 heterocycles. The summed E-state index contributed by atoms with van der Waals surface area (Å²) in [6.07, 6.45) is -4.29. The fourth-order valence-corrected chi connectivity index (χ4v) is 3.79. The van der Waals surface area contributed by atoms with Gasteiger partial charge in [0.25, 0.3) is 0 Å². The van der Waals surface area contributed by atoms with Crippen molar-refractivity contribution in [1.29, 1.82) is 0 Å². The first kappa shape index (κ1) is 19.6. The number of carbonyl (C=O) groups is 2. The second-order valence-electron chi connectivity index (χ2n) is 5.79. The van der Waals surface area contributed by atoms with Gasteiger partial charge in [0.15, 0.2) is 0 Å². The first-order chi connectivity index (χ1) is 12.8. The molecule has 0 radical (unpaired) electrons. The number of anilines is 2. The van der Waals surface area contributed by atoms with Gasteiger partial charge in [-0.1, -0.05) is 23.7 Å². The highest BCUT2D eigenvalue weighted by molar-refractivity contribution is 7.99. The Bertz CT molecular complexity index is 889. The summed E-state index contributed by atoms with van der Waals surface area (Å²) in [6, 6.07) is 9.86. The molecule has 2 aromatic rings. The van der Waals surface area contributed by atoms with E-state index in [0.717, 1.165) is 23.1 Å². The molecule has 1 aliphatic heterocycles. The van der Waals surface area contributed by atoms with Gasteiger partial charge in [0.1, 0.15) is 6.54 Å². The molecule has 2 aromatic carbocycles. The molecule has 1 aliphatic rings. The van der Waals surface area contributed by atoms with Gasteiger partial charge >= 0.3 is 6.18 Å². The van der Waals surface area contributed by atoms with E-state index in [0.29, 0.717) is 11.4 Å². The third kappa shape index (κ3) is 4.56. The van der Waals surface area contributed by atoms with Crippen LogP contribution in [0, 0.1) is 0 Å². The molecule has 2 amide bonds. The number of para-hydroxylation sites is 1. The molecule has 1 N–H and O–H groups in total. The summed E-state index contributed by atoms with van der Waals surface area (Å²) < 4.78 is 38.6. The maximum absolute atomic E-state index is 12.9. The van der Waals surface area contributed by atoms with Gasteiger partial charge in [-0.25, -0.2) is 0 Å². The molecule has 0 unspecified atom stereocenters. The van der Waals surface area contributed by atoms with Crippen LogP contribution in [0.5, 0.6) is 0 Å². The number of nitrogens with zero attached hydrogens (tertiary/aromatic N) is 1. The van der Waals surface area contributed by atoms with Gasteiger partial charge in [0.05, 0.1) is 22.0 Å². The third-order valence-electron chi connectivity index (χ3n) is 3.90. The van der Waals surface area contributed by atoms with Gasteiger partial charge < -0.3 is 10.2 Å². The van der Waals surface area contributed by atoms with E-state index in [1.807, 2.05) is 12.1 Å². The zero-order valence-corrected chi connectivity index (χ0v) is 15.4. The van der Waals surface area contributed by atoms with Crippen molar-refractivity contribution in [3.63, 3.8) is 0 Å². The Balaban J connectivity index is 1.81. The van der Waals surface area contributed by atoms with E-state index in [9.17, 15) is 22.8 Å². The molecule has 3 rings (SSSR count). The second kappa shape index (κ2) is 7.82. The molecule has 0 atom stereocenters. The average Bonchev–Trinajstić information content (AvgIpc) is 2.75. The molecule has 9 heteroatoms. The Morgan fingerprint density at radius 3 is 2.70 bits per heavy atom. The number of alkyl halides is 3. The van der Waals surface area contributed by atoms with E-state index in [1.54, 1.807) is 12.1 Å². The Morgan fingerprint density at radius 1 is 1.22 bits per heavy atom. The van der Waals surface area contributed by atoms with Crippen molar-refractivity contribution >= 4 is 46.6 Å². The highest BCUT2D eigenvalue weighted by Crippen LogP contribution is 2.35. The smallest absolute Gasteiger partial charge is 0.323 e. The fraction of sp³-hybridized carbons (Fsp3) is 0.222. The Kier molecular flexibility index (Phi) is 5.67. The lowest BCUT2D eigenvalue weighted by Gasteiger charge is -2.22. The predicted molar refractivity (Wildman–Crippen MR) is 99.2 cm³/mol. The van der Waals surface area contributed by atoms with Gasteiger partial charge in [0, 0.05) is 17.1 Å². The number of carbonyl (C=O) groups excluding carboxylic acids is 2. The van der Waals surface area contributed by atoms with Crippen LogP contribution in [0.3, 0.4) is 0 Å². The lowest BCUT2D eigenvalue weighted by atomic mass is 10.2. The summed E-state index contributed by atoms with van der Waals surface area (Å²) in [5, 5.41) is 2.35. The standard InChI is InChI=1S/C18H14ClF3N2O2S/c19-12-6-5-11(18(20,21)22)9-13(12)23-16(25)10-24-14-3-1-2-4-15(14)27-8-7-17(24)26/h1-6,9H,7-8,10H2,(H,23,25). The minimum atomic E-state index is -4.55. The SMILES string of the molecule is O=C(CN1C(=O)CCSc2ccccc21)Nc1cc(C(F)(F)F)ccc1Cl. The molecule has 0 saturated carbocycles. The van der Waals surface area contributed by atoms with Gasteiger partial charge in [0.2, 0.25) is 11.8 Å². The number of hydrogen-bond acceptors (Lipinski definition) is 3. The highest BCUT2D eigenvalue weighted by Gasteiger charge is 2.31. The summed E-state index contributed by atoms with van der Waals surface area (Å²) in [4.78, 5) is 27.0. The van der Waals surface area contributed by atoms with E-state index < -0.39 is 17.6 Å². The van der Waals surface area contributed by atoms with Crippen LogP contribution in [0.25, 0.3) is 0 Å². The summed E-state index contributed by atoms with van der Waals surface area (Å²) in [5.74, 6) is -0.267. The molecule has 0 bridgehead atoms.